The van der Waals surface area contributed by atoms with Crippen LogP contribution in [0.1, 0.15) is 24.3 Å². The lowest BCUT2D eigenvalue weighted by Crippen LogP contribution is -2.30. The molecule has 2 rings (SSSR count). The highest BCUT2D eigenvalue weighted by Crippen LogP contribution is 2.16. The molecule has 19 heavy (non-hydrogen) atoms. The lowest BCUT2D eigenvalue weighted by molar-refractivity contribution is 0.0938. The number of carbonyl (C=O) groups excluding carboxylic acids is 1. The zero-order chi connectivity index (χ0) is 13.7. The molecule has 2 aromatic rings. The van der Waals surface area contributed by atoms with Gasteiger partial charge in [-0.2, -0.15) is 0 Å². The van der Waals surface area contributed by atoms with Crippen LogP contribution in [0.3, 0.4) is 0 Å². The van der Waals surface area contributed by atoms with Gasteiger partial charge in [-0.05, 0) is 38.1 Å². The molecule has 1 aromatic heterocycles. The number of amides is 1. The third-order valence-electron chi connectivity index (χ3n) is 2.47. The molecule has 98 valence electrons. The smallest absolute Gasteiger partial charge is 0.270 e. The molecule has 1 aromatic carbocycles. The highest BCUT2D eigenvalue weighted by Gasteiger charge is 2.08. The number of aromatic nitrogens is 1. The monoisotopic (exact) mass is 255 g/mol. The molecule has 0 aliphatic heterocycles. The Morgan fingerprint density at radius 3 is 2.53 bits per heavy atom. The van der Waals surface area contributed by atoms with E-state index in [2.05, 4.69) is 15.6 Å². The Bertz CT molecular complexity index is 552. The molecular formula is C15H17N3O. The van der Waals surface area contributed by atoms with Crippen LogP contribution in [0.4, 0.5) is 11.4 Å². The van der Waals surface area contributed by atoms with E-state index in [0.29, 0.717) is 5.69 Å². The fraction of sp³-hybridized carbons (Fsp3) is 0.200. The minimum Gasteiger partial charge on any atom is -0.355 e. The summed E-state index contributed by atoms with van der Waals surface area (Å²) in [6.45, 7) is 3.84. The summed E-state index contributed by atoms with van der Waals surface area (Å²) in [5, 5.41) is 6.05. The Labute approximate surface area is 112 Å². The SMILES string of the molecule is CC(C)NC(=O)c1cc(Nc2ccccc2)ccn1. The largest absolute Gasteiger partial charge is 0.355 e. The van der Waals surface area contributed by atoms with Crippen molar-refractivity contribution >= 4 is 17.3 Å². The first-order chi connectivity index (χ1) is 9.15. The first-order valence-electron chi connectivity index (χ1n) is 6.24. The number of benzene rings is 1. The lowest BCUT2D eigenvalue weighted by atomic mass is 10.2. The fourth-order valence-electron chi connectivity index (χ4n) is 1.66. The van der Waals surface area contributed by atoms with E-state index in [1.807, 2.05) is 50.2 Å². The van der Waals surface area contributed by atoms with Gasteiger partial charge in [0.15, 0.2) is 0 Å². The molecule has 0 radical (unpaired) electrons. The minimum atomic E-state index is -0.160. The van der Waals surface area contributed by atoms with Gasteiger partial charge in [0.2, 0.25) is 0 Å². The molecule has 0 saturated carbocycles. The normalized spacial score (nSPS) is 10.3. The second kappa shape index (κ2) is 6.00. The van der Waals surface area contributed by atoms with Crippen LogP contribution in [-0.4, -0.2) is 16.9 Å². The molecular weight excluding hydrogens is 238 g/mol. The lowest BCUT2D eigenvalue weighted by Gasteiger charge is -2.10. The third kappa shape index (κ3) is 3.81. The minimum absolute atomic E-state index is 0.0973. The van der Waals surface area contributed by atoms with Crippen molar-refractivity contribution in [1.29, 1.82) is 0 Å². The number of anilines is 2. The molecule has 0 spiro atoms. The highest BCUT2D eigenvalue weighted by atomic mass is 16.1. The van der Waals surface area contributed by atoms with E-state index >= 15 is 0 Å². The average Bonchev–Trinajstić information content (AvgIpc) is 2.39. The predicted octanol–water partition coefficient (Wildman–Crippen LogP) is 2.96. The molecule has 1 amide bonds. The number of rotatable bonds is 4. The molecule has 2 N–H and O–H groups in total. The van der Waals surface area contributed by atoms with Gasteiger partial charge in [0, 0.05) is 23.6 Å². The molecule has 0 aliphatic rings. The number of nitrogens with one attached hydrogen (secondary N) is 2. The van der Waals surface area contributed by atoms with Crippen molar-refractivity contribution in [2.24, 2.45) is 0 Å². The summed E-state index contributed by atoms with van der Waals surface area (Å²) in [5.74, 6) is -0.160. The Morgan fingerprint density at radius 1 is 1.11 bits per heavy atom. The Balaban J connectivity index is 2.13. The van der Waals surface area contributed by atoms with Crippen LogP contribution in [0.15, 0.2) is 48.7 Å². The molecule has 4 nitrogen and oxygen atoms in total. The molecule has 0 fully saturated rings. The molecule has 4 heteroatoms. The summed E-state index contributed by atoms with van der Waals surface area (Å²) in [5.41, 5.74) is 2.23. The van der Waals surface area contributed by atoms with Gasteiger partial charge in [0.1, 0.15) is 5.69 Å². The quantitative estimate of drug-likeness (QED) is 0.883. The van der Waals surface area contributed by atoms with Crippen LogP contribution < -0.4 is 10.6 Å². The number of hydrogen-bond acceptors (Lipinski definition) is 3. The van der Waals surface area contributed by atoms with Gasteiger partial charge in [0.05, 0.1) is 0 Å². The maximum atomic E-state index is 11.9. The zero-order valence-corrected chi connectivity index (χ0v) is 11.1. The van der Waals surface area contributed by atoms with Gasteiger partial charge in [-0.25, -0.2) is 0 Å². The second-order valence-electron chi connectivity index (χ2n) is 4.55. The topological polar surface area (TPSA) is 54.0 Å². The van der Waals surface area contributed by atoms with E-state index in [-0.39, 0.29) is 11.9 Å². The number of pyridine rings is 1. The summed E-state index contributed by atoms with van der Waals surface area (Å²) >= 11 is 0. The molecule has 0 aliphatic carbocycles. The number of nitrogens with zero attached hydrogens (tertiary/aromatic N) is 1. The second-order valence-corrected chi connectivity index (χ2v) is 4.55. The van der Waals surface area contributed by atoms with Gasteiger partial charge < -0.3 is 10.6 Å². The van der Waals surface area contributed by atoms with Crippen LogP contribution in [0.25, 0.3) is 0 Å². The van der Waals surface area contributed by atoms with Crippen molar-refractivity contribution in [1.82, 2.24) is 10.3 Å². The van der Waals surface area contributed by atoms with E-state index in [9.17, 15) is 4.79 Å². The van der Waals surface area contributed by atoms with Crippen LogP contribution in [0, 0.1) is 0 Å². The van der Waals surface area contributed by atoms with Gasteiger partial charge >= 0.3 is 0 Å². The van der Waals surface area contributed by atoms with E-state index in [4.69, 9.17) is 0 Å². The average molecular weight is 255 g/mol. The summed E-state index contributed by atoms with van der Waals surface area (Å²) in [4.78, 5) is 15.9. The van der Waals surface area contributed by atoms with E-state index < -0.39 is 0 Å². The van der Waals surface area contributed by atoms with Crippen molar-refractivity contribution in [3.8, 4) is 0 Å². The number of hydrogen-bond donors (Lipinski definition) is 2. The van der Waals surface area contributed by atoms with Crippen molar-refractivity contribution in [2.75, 3.05) is 5.32 Å². The molecule has 0 saturated heterocycles. The van der Waals surface area contributed by atoms with Crippen molar-refractivity contribution in [2.45, 2.75) is 19.9 Å². The first kappa shape index (κ1) is 13.1. The fourth-order valence-corrected chi connectivity index (χ4v) is 1.66. The summed E-state index contributed by atoms with van der Waals surface area (Å²) in [6, 6.07) is 13.5. The van der Waals surface area contributed by atoms with Crippen molar-refractivity contribution in [3.63, 3.8) is 0 Å². The van der Waals surface area contributed by atoms with Gasteiger partial charge in [-0.15, -0.1) is 0 Å². The number of carbonyl (C=O) groups is 1. The number of para-hydroxylation sites is 1. The maximum Gasteiger partial charge on any atom is 0.270 e. The molecule has 0 atom stereocenters. The van der Waals surface area contributed by atoms with Crippen molar-refractivity contribution < 1.29 is 4.79 Å². The van der Waals surface area contributed by atoms with E-state index in [1.165, 1.54) is 0 Å². The summed E-state index contributed by atoms with van der Waals surface area (Å²) in [7, 11) is 0. The van der Waals surface area contributed by atoms with E-state index in [1.54, 1.807) is 12.3 Å². The first-order valence-corrected chi connectivity index (χ1v) is 6.24. The Kier molecular flexibility index (Phi) is 4.13. The van der Waals surface area contributed by atoms with Gasteiger partial charge in [0.25, 0.3) is 5.91 Å². The Hall–Kier alpha value is -2.36. The molecule has 1 heterocycles. The van der Waals surface area contributed by atoms with Crippen LogP contribution >= 0.6 is 0 Å². The highest BCUT2D eigenvalue weighted by molar-refractivity contribution is 5.93. The summed E-state index contributed by atoms with van der Waals surface area (Å²) < 4.78 is 0. The van der Waals surface area contributed by atoms with Crippen LogP contribution in [0.5, 0.6) is 0 Å². The predicted molar refractivity (Wildman–Crippen MR) is 76.6 cm³/mol. The third-order valence-corrected chi connectivity index (χ3v) is 2.47. The van der Waals surface area contributed by atoms with E-state index in [0.717, 1.165) is 11.4 Å². The molecule has 0 bridgehead atoms. The van der Waals surface area contributed by atoms with Crippen LogP contribution in [0.2, 0.25) is 0 Å². The van der Waals surface area contributed by atoms with Crippen LogP contribution in [-0.2, 0) is 0 Å². The van der Waals surface area contributed by atoms with Crippen molar-refractivity contribution in [3.05, 3.63) is 54.4 Å². The Morgan fingerprint density at radius 2 is 1.84 bits per heavy atom. The standard InChI is InChI=1S/C15H17N3O/c1-11(2)17-15(19)14-10-13(8-9-16-14)18-12-6-4-3-5-7-12/h3-11H,1-2H3,(H,16,18)(H,17,19). The zero-order valence-electron chi connectivity index (χ0n) is 11.1. The maximum absolute atomic E-state index is 11.9. The van der Waals surface area contributed by atoms with Gasteiger partial charge in [-0.3, -0.25) is 9.78 Å². The van der Waals surface area contributed by atoms with Gasteiger partial charge in [-0.1, -0.05) is 18.2 Å². The summed E-state index contributed by atoms with van der Waals surface area (Å²) in [6.07, 6.45) is 1.63. The molecule has 0 unspecified atom stereocenters.